The lowest BCUT2D eigenvalue weighted by molar-refractivity contribution is 1.49. The van der Waals surface area contributed by atoms with E-state index in [9.17, 15) is 0 Å². The molecule has 94 valence electrons. The van der Waals surface area contributed by atoms with Crippen LogP contribution < -0.4 is 0 Å². The molecule has 0 aliphatic carbocycles. The summed E-state index contributed by atoms with van der Waals surface area (Å²) < 4.78 is 0. The molecule has 0 radical (unpaired) electrons. The van der Waals surface area contributed by atoms with Crippen molar-refractivity contribution >= 4 is 56.8 Å². The van der Waals surface area contributed by atoms with Crippen LogP contribution in [0.1, 0.15) is 0 Å². The van der Waals surface area contributed by atoms with Gasteiger partial charge in [-0.1, -0.05) is 48.0 Å². The summed E-state index contributed by atoms with van der Waals surface area (Å²) in [5, 5.41) is 2.84. The zero-order valence-corrected chi connectivity index (χ0v) is 11.4. The highest BCUT2D eigenvalue weighted by molar-refractivity contribution is 6.40. The number of nitrogens with one attached hydrogen (secondary N) is 1. The van der Waals surface area contributed by atoms with Crippen molar-refractivity contribution in [2.75, 3.05) is 0 Å². The molecule has 4 heteroatoms. The normalized spacial score (nSPS) is 11.0. The van der Waals surface area contributed by atoms with Crippen molar-refractivity contribution in [2.45, 2.75) is 0 Å². The molecule has 19 heavy (non-hydrogen) atoms. The lowest BCUT2D eigenvalue weighted by atomic mass is 10.2. The number of hydrogen-bond acceptors (Lipinski definition) is 1. The Bertz CT molecular complexity index is 896. The summed E-state index contributed by atoms with van der Waals surface area (Å²) in [6.45, 7) is 0. The van der Waals surface area contributed by atoms with Gasteiger partial charge in [-0.05, 0) is 12.1 Å². The fraction of sp³-hybridized carbons (Fsp3) is 0. The number of pyridine rings is 1. The number of fused-ring (bicyclic) bond motifs is 4. The fourth-order valence-electron chi connectivity index (χ4n) is 2.41. The average Bonchev–Trinajstić information content (AvgIpc) is 2.79. The van der Waals surface area contributed by atoms with Gasteiger partial charge in [-0.2, -0.15) is 0 Å². The van der Waals surface area contributed by atoms with Crippen molar-refractivity contribution in [3.8, 4) is 0 Å². The zero-order valence-electron chi connectivity index (χ0n) is 9.85. The van der Waals surface area contributed by atoms with Gasteiger partial charge in [0.1, 0.15) is 0 Å². The van der Waals surface area contributed by atoms with Crippen molar-refractivity contribution in [1.29, 1.82) is 0 Å². The molecule has 0 aliphatic rings. The molecule has 2 aromatic carbocycles. The molecule has 1 N–H and O–H groups in total. The number of halogens is 2. The number of para-hydroxylation sites is 2. The van der Waals surface area contributed by atoms with E-state index in [2.05, 4.69) is 11.1 Å². The van der Waals surface area contributed by atoms with Gasteiger partial charge in [0, 0.05) is 16.3 Å². The third-order valence-corrected chi connectivity index (χ3v) is 3.66. The number of aromatic amines is 1. The van der Waals surface area contributed by atoms with Crippen LogP contribution in [-0.4, -0.2) is 9.97 Å². The Morgan fingerprint density at radius 2 is 1.58 bits per heavy atom. The largest absolute Gasteiger partial charge is 0.352 e. The van der Waals surface area contributed by atoms with Crippen LogP contribution in [0.5, 0.6) is 0 Å². The summed E-state index contributed by atoms with van der Waals surface area (Å²) in [4.78, 5) is 8.05. The highest BCUT2D eigenvalue weighted by Gasteiger charge is 2.11. The van der Waals surface area contributed by atoms with E-state index >= 15 is 0 Å². The second kappa shape index (κ2) is 4.41. The molecule has 0 spiro atoms. The van der Waals surface area contributed by atoms with E-state index in [-0.39, 0.29) is 12.4 Å². The molecule has 0 saturated heterocycles. The first-order chi connectivity index (χ1) is 8.84. The van der Waals surface area contributed by atoms with Crippen molar-refractivity contribution < 1.29 is 0 Å². The van der Waals surface area contributed by atoms with Crippen LogP contribution in [0.4, 0.5) is 0 Å². The molecule has 0 aliphatic heterocycles. The minimum Gasteiger partial charge on any atom is -0.352 e. The maximum Gasteiger partial charge on any atom is 0.0980 e. The minimum absolute atomic E-state index is 0. The summed E-state index contributed by atoms with van der Waals surface area (Å²) in [5.74, 6) is 0. The Kier molecular flexibility index (Phi) is 2.85. The average molecular weight is 289 g/mol. The highest BCUT2D eigenvalue weighted by Crippen LogP contribution is 2.33. The number of rotatable bonds is 0. The van der Waals surface area contributed by atoms with Gasteiger partial charge >= 0.3 is 0 Å². The summed E-state index contributed by atoms with van der Waals surface area (Å²) in [7, 11) is 0. The Morgan fingerprint density at radius 3 is 2.42 bits per heavy atom. The molecule has 0 unspecified atom stereocenters. The number of H-pyrrole nitrogens is 1. The molecule has 0 bridgehead atoms. The SMILES string of the molecule is Cl.Clc1c2ccccc2nc2c1[nH]c1ccccc12. The number of benzene rings is 2. The molecule has 2 nitrogen and oxygen atoms in total. The van der Waals surface area contributed by atoms with Gasteiger partial charge in [-0.25, -0.2) is 4.98 Å². The minimum atomic E-state index is 0. The monoisotopic (exact) mass is 288 g/mol. The van der Waals surface area contributed by atoms with Crippen LogP contribution in [0, 0.1) is 0 Å². The molecular formula is C15H10Cl2N2. The van der Waals surface area contributed by atoms with Crippen molar-refractivity contribution in [3.63, 3.8) is 0 Å². The van der Waals surface area contributed by atoms with Crippen LogP contribution in [0.15, 0.2) is 48.5 Å². The number of nitrogens with zero attached hydrogens (tertiary/aromatic N) is 1. The molecule has 4 rings (SSSR count). The van der Waals surface area contributed by atoms with E-state index in [1.54, 1.807) is 0 Å². The zero-order chi connectivity index (χ0) is 12.1. The van der Waals surface area contributed by atoms with Gasteiger partial charge in [0.15, 0.2) is 0 Å². The van der Waals surface area contributed by atoms with Gasteiger partial charge in [-0.3, -0.25) is 0 Å². The second-order valence-electron chi connectivity index (χ2n) is 4.34. The first-order valence-corrected chi connectivity index (χ1v) is 6.17. The van der Waals surface area contributed by atoms with Gasteiger partial charge < -0.3 is 4.98 Å². The van der Waals surface area contributed by atoms with Crippen molar-refractivity contribution in [3.05, 3.63) is 53.6 Å². The Morgan fingerprint density at radius 1 is 0.895 bits per heavy atom. The van der Waals surface area contributed by atoms with E-state index < -0.39 is 0 Å². The van der Waals surface area contributed by atoms with E-state index in [1.807, 2.05) is 42.5 Å². The molecular weight excluding hydrogens is 279 g/mol. The summed E-state index contributed by atoms with van der Waals surface area (Å²) in [5.41, 5.74) is 3.85. The maximum atomic E-state index is 6.47. The van der Waals surface area contributed by atoms with Crippen molar-refractivity contribution in [2.24, 2.45) is 0 Å². The van der Waals surface area contributed by atoms with Crippen LogP contribution in [0.25, 0.3) is 32.8 Å². The summed E-state index contributed by atoms with van der Waals surface area (Å²) >= 11 is 6.47. The molecule has 0 saturated carbocycles. The molecule has 4 aromatic rings. The topological polar surface area (TPSA) is 28.7 Å². The Labute approximate surface area is 120 Å². The van der Waals surface area contributed by atoms with Crippen LogP contribution in [0.2, 0.25) is 5.02 Å². The smallest absolute Gasteiger partial charge is 0.0980 e. The Hall–Kier alpha value is -1.77. The molecule has 2 aromatic heterocycles. The van der Waals surface area contributed by atoms with Gasteiger partial charge in [-0.15, -0.1) is 12.4 Å². The first kappa shape index (κ1) is 12.3. The van der Waals surface area contributed by atoms with E-state index in [0.29, 0.717) is 0 Å². The standard InChI is InChI=1S/C15H9ClN2.ClH/c16-13-9-5-1-3-7-11(9)17-14-10-6-2-4-8-12(10)18-15(13)14;/h1-8,18H;1H. The third kappa shape index (κ3) is 1.68. The Balaban J connectivity index is 0.00000110. The fourth-order valence-corrected chi connectivity index (χ4v) is 2.71. The van der Waals surface area contributed by atoms with Crippen molar-refractivity contribution in [1.82, 2.24) is 9.97 Å². The maximum absolute atomic E-state index is 6.47. The predicted molar refractivity (Wildman–Crippen MR) is 83.4 cm³/mol. The highest BCUT2D eigenvalue weighted by atomic mass is 35.5. The lowest BCUT2D eigenvalue weighted by Gasteiger charge is -2.01. The molecule has 0 atom stereocenters. The number of hydrogen-bond donors (Lipinski definition) is 1. The lowest BCUT2D eigenvalue weighted by Crippen LogP contribution is -1.82. The van der Waals surface area contributed by atoms with E-state index in [4.69, 9.17) is 16.6 Å². The molecule has 2 heterocycles. The van der Waals surface area contributed by atoms with Crippen LogP contribution in [-0.2, 0) is 0 Å². The molecule has 0 fully saturated rings. The van der Waals surface area contributed by atoms with E-state index in [0.717, 1.165) is 37.9 Å². The van der Waals surface area contributed by atoms with Crippen LogP contribution >= 0.6 is 24.0 Å². The first-order valence-electron chi connectivity index (χ1n) is 5.79. The van der Waals surface area contributed by atoms with Gasteiger partial charge in [0.2, 0.25) is 0 Å². The van der Waals surface area contributed by atoms with Crippen LogP contribution in [0.3, 0.4) is 0 Å². The molecule has 0 amide bonds. The summed E-state index contributed by atoms with van der Waals surface area (Å²) in [6.07, 6.45) is 0. The quantitative estimate of drug-likeness (QED) is 0.488. The predicted octanol–water partition coefficient (Wildman–Crippen LogP) is 4.94. The summed E-state index contributed by atoms with van der Waals surface area (Å²) in [6, 6.07) is 16.1. The third-order valence-electron chi connectivity index (χ3n) is 3.27. The second-order valence-corrected chi connectivity index (χ2v) is 4.72. The van der Waals surface area contributed by atoms with E-state index in [1.165, 1.54) is 0 Å². The number of aromatic nitrogens is 2. The van der Waals surface area contributed by atoms with Gasteiger partial charge in [0.05, 0.1) is 21.6 Å². The van der Waals surface area contributed by atoms with Gasteiger partial charge in [0.25, 0.3) is 0 Å².